The summed E-state index contributed by atoms with van der Waals surface area (Å²) in [6, 6.07) is 0.0787. The monoisotopic (exact) mass is 166 g/mol. The molecular formula is C8H14N4. The van der Waals surface area contributed by atoms with Crippen molar-refractivity contribution in [1.82, 2.24) is 14.8 Å². The summed E-state index contributed by atoms with van der Waals surface area (Å²) in [5.41, 5.74) is 5.93. The summed E-state index contributed by atoms with van der Waals surface area (Å²) < 4.78 is 1.94. The minimum Gasteiger partial charge on any atom is -0.321 e. The maximum Gasteiger partial charge on any atom is 0.147 e. The van der Waals surface area contributed by atoms with Crippen LogP contribution in [-0.4, -0.2) is 14.8 Å². The van der Waals surface area contributed by atoms with Gasteiger partial charge in [-0.3, -0.25) is 0 Å². The molecule has 2 rings (SSSR count). The van der Waals surface area contributed by atoms with Crippen molar-refractivity contribution in [3.05, 3.63) is 11.6 Å². The van der Waals surface area contributed by atoms with Crippen LogP contribution in [0.15, 0.2) is 0 Å². The molecule has 1 aromatic heterocycles. The summed E-state index contributed by atoms with van der Waals surface area (Å²) in [5.74, 6) is 2.40. The van der Waals surface area contributed by atoms with E-state index in [1.807, 2.05) is 11.6 Å². The standard InChI is InChI=1S/C8H14N4/c1-5-3-7(9)8-10-6(2)11-12(8)4-5/h5,7H,3-4,9H2,1-2H3. The molecule has 2 heterocycles. The molecule has 0 radical (unpaired) electrons. The van der Waals surface area contributed by atoms with E-state index in [0.29, 0.717) is 5.92 Å². The van der Waals surface area contributed by atoms with Gasteiger partial charge in [0.15, 0.2) is 0 Å². The van der Waals surface area contributed by atoms with E-state index in [1.54, 1.807) is 0 Å². The highest BCUT2D eigenvalue weighted by Gasteiger charge is 2.24. The molecule has 12 heavy (non-hydrogen) atoms. The topological polar surface area (TPSA) is 56.7 Å². The van der Waals surface area contributed by atoms with Gasteiger partial charge in [-0.2, -0.15) is 5.10 Å². The number of hydrogen-bond acceptors (Lipinski definition) is 3. The molecule has 0 saturated carbocycles. The van der Waals surface area contributed by atoms with E-state index in [4.69, 9.17) is 5.73 Å². The minimum atomic E-state index is 0.0787. The number of hydrogen-bond donors (Lipinski definition) is 1. The lowest BCUT2D eigenvalue weighted by atomic mass is 9.98. The molecule has 1 aliphatic rings. The van der Waals surface area contributed by atoms with E-state index >= 15 is 0 Å². The number of nitrogens with two attached hydrogens (primary N) is 1. The van der Waals surface area contributed by atoms with Gasteiger partial charge >= 0.3 is 0 Å². The molecule has 0 spiro atoms. The molecule has 2 atom stereocenters. The third kappa shape index (κ3) is 1.12. The summed E-state index contributed by atoms with van der Waals surface area (Å²) in [5, 5.41) is 4.28. The molecular weight excluding hydrogens is 152 g/mol. The SMILES string of the molecule is Cc1nc2n(n1)CC(C)CC2N. The molecule has 4 heteroatoms. The van der Waals surface area contributed by atoms with Gasteiger partial charge in [0.05, 0.1) is 6.04 Å². The molecule has 0 aliphatic carbocycles. The molecule has 4 nitrogen and oxygen atoms in total. The third-order valence-corrected chi connectivity index (χ3v) is 2.28. The Bertz CT molecular complexity index is 291. The minimum absolute atomic E-state index is 0.0787. The van der Waals surface area contributed by atoms with E-state index in [9.17, 15) is 0 Å². The van der Waals surface area contributed by atoms with Crippen molar-refractivity contribution in [1.29, 1.82) is 0 Å². The lowest BCUT2D eigenvalue weighted by molar-refractivity contribution is 0.325. The number of aryl methyl sites for hydroxylation is 1. The average molecular weight is 166 g/mol. The molecule has 66 valence electrons. The number of rotatable bonds is 0. The van der Waals surface area contributed by atoms with Crippen molar-refractivity contribution in [3.63, 3.8) is 0 Å². The second-order valence-electron chi connectivity index (χ2n) is 3.65. The van der Waals surface area contributed by atoms with Gasteiger partial charge in [0.2, 0.25) is 0 Å². The van der Waals surface area contributed by atoms with Crippen LogP contribution in [0.2, 0.25) is 0 Å². The van der Waals surface area contributed by atoms with Gasteiger partial charge < -0.3 is 5.73 Å². The average Bonchev–Trinajstić information content (AvgIpc) is 2.29. The zero-order valence-electron chi connectivity index (χ0n) is 7.49. The third-order valence-electron chi connectivity index (χ3n) is 2.28. The van der Waals surface area contributed by atoms with Crippen LogP contribution in [0.1, 0.15) is 31.0 Å². The summed E-state index contributed by atoms with van der Waals surface area (Å²) in [6.45, 7) is 5.06. The Labute approximate surface area is 71.8 Å². The smallest absolute Gasteiger partial charge is 0.147 e. The van der Waals surface area contributed by atoms with Gasteiger partial charge in [-0.15, -0.1) is 0 Å². The van der Waals surface area contributed by atoms with Gasteiger partial charge in [-0.25, -0.2) is 9.67 Å². The molecule has 0 saturated heterocycles. The van der Waals surface area contributed by atoms with Crippen molar-refractivity contribution >= 4 is 0 Å². The van der Waals surface area contributed by atoms with Crippen molar-refractivity contribution in [3.8, 4) is 0 Å². The van der Waals surface area contributed by atoms with Crippen LogP contribution in [0.4, 0.5) is 0 Å². The number of nitrogens with zero attached hydrogens (tertiary/aromatic N) is 3. The summed E-state index contributed by atoms with van der Waals surface area (Å²) in [6.07, 6.45) is 1.03. The quantitative estimate of drug-likeness (QED) is 0.615. The van der Waals surface area contributed by atoms with Crippen LogP contribution in [0.3, 0.4) is 0 Å². The van der Waals surface area contributed by atoms with Crippen LogP contribution < -0.4 is 5.73 Å². The Kier molecular flexibility index (Phi) is 1.65. The molecule has 0 amide bonds. The fourth-order valence-electron chi connectivity index (χ4n) is 1.79. The molecule has 0 bridgehead atoms. The van der Waals surface area contributed by atoms with Crippen LogP contribution in [-0.2, 0) is 6.54 Å². The molecule has 2 N–H and O–H groups in total. The van der Waals surface area contributed by atoms with Crippen LogP contribution >= 0.6 is 0 Å². The lowest BCUT2D eigenvalue weighted by Crippen LogP contribution is -2.27. The van der Waals surface area contributed by atoms with E-state index in [1.165, 1.54) is 0 Å². The van der Waals surface area contributed by atoms with Crippen molar-refractivity contribution in [2.24, 2.45) is 11.7 Å². The summed E-state index contributed by atoms with van der Waals surface area (Å²) >= 11 is 0. The summed E-state index contributed by atoms with van der Waals surface area (Å²) in [4.78, 5) is 4.29. The highest BCUT2D eigenvalue weighted by molar-refractivity contribution is 5.00. The fourth-order valence-corrected chi connectivity index (χ4v) is 1.79. The Hall–Kier alpha value is -0.900. The molecule has 0 fully saturated rings. The maximum absolute atomic E-state index is 5.93. The highest BCUT2D eigenvalue weighted by Crippen LogP contribution is 2.24. The van der Waals surface area contributed by atoms with Gasteiger partial charge in [-0.05, 0) is 19.3 Å². The Balaban J connectivity index is 2.40. The van der Waals surface area contributed by atoms with E-state index in [2.05, 4.69) is 17.0 Å². The van der Waals surface area contributed by atoms with Gasteiger partial charge in [0, 0.05) is 6.54 Å². The summed E-state index contributed by atoms with van der Waals surface area (Å²) in [7, 11) is 0. The molecule has 2 unspecified atom stereocenters. The number of fused-ring (bicyclic) bond motifs is 1. The second-order valence-corrected chi connectivity index (χ2v) is 3.65. The van der Waals surface area contributed by atoms with Crippen molar-refractivity contribution in [2.45, 2.75) is 32.9 Å². The first-order valence-corrected chi connectivity index (χ1v) is 4.33. The zero-order valence-corrected chi connectivity index (χ0v) is 7.49. The predicted octanol–water partition coefficient (Wildman–Crippen LogP) is 0.626. The zero-order chi connectivity index (χ0) is 8.72. The first-order chi connectivity index (χ1) is 5.66. The van der Waals surface area contributed by atoms with E-state index in [-0.39, 0.29) is 6.04 Å². The molecule has 1 aliphatic heterocycles. The highest BCUT2D eigenvalue weighted by atomic mass is 15.4. The van der Waals surface area contributed by atoms with Gasteiger partial charge in [0.25, 0.3) is 0 Å². The predicted molar refractivity (Wildman–Crippen MR) is 45.5 cm³/mol. The van der Waals surface area contributed by atoms with Crippen LogP contribution in [0.5, 0.6) is 0 Å². The normalized spacial score (nSPS) is 28.6. The molecule has 0 aromatic carbocycles. The van der Waals surface area contributed by atoms with E-state index < -0.39 is 0 Å². The Morgan fingerprint density at radius 1 is 1.58 bits per heavy atom. The van der Waals surface area contributed by atoms with Crippen molar-refractivity contribution < 1.29 is 0 Å². The van der Waals surface area contributed by atoms with Crippen molar-refractivity contribution in [2.75, 3.05) is 0 Å². The second kappa shape index (κ2) is 2.55. The lowest BCUT2D eigenvalue weighted by Gasteiger charge is -2.23. The first kappa shape index (κ1) is 7.73. The Morgan fingerprint density at radius 3 is 3.08 bits per heavy atom. The Morgan fingerprint density at radius 2 is 2.33 bits per heavy atom. The largest absolute Gasteiger partial charge is 0.321 e. The van der Waals surface area contributed by atoms with Crippen LogP contribution in [0, 0.1) is 12.8 Å². The first-order valence-electron chi connectivity index (χ1n) is 4.33. The fraction of sp³-hybridized carbons (Fsp3) is 0.750. The molecule has 1 aromatic rings. The maximum atomic E-state index is 5.93. The number of aromatic nitrogens is 3. The van der Waals surface area contributed by atoms with E-state index in [0.717, 1.165) is 24.6 Å². The van der Waals surface area contributed by atoms with Crippen LogP contribution in [0.25, 0.3) is 0 Å². The van der Waals surface area contributed by atoms with Gasteiger partial charge in [-0.1, -0.05) is 6.92 Å². The van der Waals surface area contributed by atoms with Gasteiger partial charge in [0.1, 0.15) is 11.6 Å².